The lowest BCUT2D eigenvalue weighted by atomic mass is 10.0. The van der Waals surface area contributed by atoms with E-state index in [0.29, 0.717) is 17.9 Å². The van der Waals surface area contributed by atoms with Crippen molar-refractivity contribution >= 4 is 5.91 Å². The lowest BCUT2D eigenvalue weighted by Crippen LogP contribution is -2.46. The summed E-state index contributed by atoms with van der Waals surface area (Å²) < 4.78 is 0. The van der Waals surface area contributed by atoms with Crippen LogP contribution in [-0.4, -0.2) is 29.4 Å². The fraction of sp³-hybridized carbons (Fsp3) is 0.929. The first-order valence-electron chi connectivity index (χ1n) is 6.97. The number of nitrogens with two attached hydrogens (primary N) is 1. The molecule has 0 spiro atoms. The molecule has 0 aromatic heterocycles. The second-order valence-corrected chi connectivity index (χ2v) is 6.18. The highest BCUT2D eigenvalue weighted by molar-refractivity contribution is 5.82. The molecular weight excluding hydrogens is 212 g/mol. The molecule has 0 radical (unpaired) electrons. The molecule has 1 fully saturated rings. The Morgan fingerprint density at radius 1 is 1.24 bits per heavy atom. The van der Waals surface area contributed by atoms with Crippen LogP contribution in [0.5, 0.6) is 0 Å². The highest BCUT2D eigenvalue weighted by Gasteiger charge is 2.34. The van der Waals surface area contributed by atoms with Gasteiger partial charge in [0.15, 0.2) is 0 Å². The molecule has 3 heteroatoms. The lowest BCUT2D eigenvalue weighted by molar-refractivity contribution is -0.133. The van der Waals surface area contributed by atoms with E-state index < -0.39 is 0 Å². The third-order valence-corrected chi connectivity index (χ3v) is 3.26. The van der Waals surface area contributed by atoms with Crippen LogP contribution < -0.4 is 5.73 Å². The molecule has 1 rings (SSSR count). The second-order valence-electron chi connectivity index (χ2n) is 6.18. The lowest BCUT2D eigenvalue weighted by Gasteiger charge is -2.27. The van der Waals surface area contributed by atoms with Gasteiger partial charge in [0, 0.05) is 12.6 Å². The Morgan fingerprint density at radius 2 is 1.82 bits per heavy atom. The minimum Gasteiger partial charge on any atom is -0.338 e. The van der Waals surface area contributed by atoms with Crippen LogP contribution in [0.3, 0.4) is 0 Å². The van der Waals surface area contributed by atoms with Crippen LogP contribution in [0.15, 0.2) is 0 Å². The van der Waals surface area contributed by atoms with Gasteiger partial charge in [-0.25, -0.2) is 0 Å². The SMILES string of the molecule is CC(C)CCN(C(=O)[C@H](N)CC(C)C)C1CC1. The van der Waals surface area contributed by atoms with Crippen LogP contribution in [0.1, 0.15) is 53.4 Å². The van der Waals surface area contributed by atoms with Crippen LogP contribution in [0.2, 0.25) is 0 Å². The Labute approximate surface area is 106 Å². The topological polar surface area (TPSA) is 46.3 Å². The Kier molecular flexibility index (Phi) is 5.44. The molecule has 0 saturated heterocycles. The van der Waals surface area contributed by atoms with E-state index in [9.17, 15) is 4.79 Å². The molecule has 1 saturated carbocycles. The number of hydrogen-bond donors (Lipinski definition) is 1. The Bertz CT molecular complexity index is 247. The van der Waals surface area contributed by atoms with Crippen molar-refractivity contribution in [1.29, 1.82) is 0 Å². The van der Waals surface area contributed by atoms with Crippen molar-refractivity contribution in [3.8, 4) is 0 Å². The van der Waals surface area contributed by atoms with Gasteiger partial charge >= 0.3 is 0 Å². The predicted octanol–water partition coefficient (Wildman–Crippen LogP) is 2.40. The minimum absolute atomic E-state index is 0.168. The summed E-state index contributed by atoms with van der Waals surface area (Å²) in [5.74, 6) is 1.30. The largest absolute Gasteiger partial charge is 0.338 e. The molecule has 2 N–H and O–H groups in total. The third-order valence-electron chi connectivity index (χ3n) is 3.26. The van der Waals surface area contributed by atoms with Crippen molar-refractivity contribution in [1.82, 2.24) is 4.90 Å². The Balaban J connectivity index is 2.48. The fourth-order valence-electron chi connectivity index (χ4n) is 2.08. The molecule has 1 amide bonds. The summed E-state index contributed by atoms with van der Waals surface area (Å²) in [5, 5.41) is 0. The van der Waals surface area contributed by atoms with Gasteiger partial charge in [-0.15, -0.1) is 0 Å². The van der Waals surface area contributed by atoms with Gasteiger partial charge in [-0.3, -0.25) is 4.79 Å². The highest BCUT2D eigenvalue weighted by atomic mass is 16.2. The molecule has 1 aliphatic carbocycles. The van der Waals surface area contributed by atoms with Gasteiger partial charge in [0.2, 0.25) is 5.91 Å². The van der Waals surface area contributed by atoms with Crippen molar-refractivity contribution in [3.63, 3.8) is 0 Å². The van der Waals surface area contributed by atoms with Gasteiger partial charge in [-0.1, -0.05) is 27.7 Å². The van der Waals surface area contributed by atoms with Crippen LogP contribution in [-0.2, 0) is 4.79 Å². The summed E-state index contributed by atoms with van der Waals surface area (Å²) >= 11 is 0. The van der Waals surface area contributed by atoms with E-state index in [1.807, 2.05) is 4.90 Å². The van der Waals surface area contributed by atoms with Gasteiger partial charge in [-0.2, -0.15) is 0 Å². The number of hydrogen-bond acceptors (Lipinski definition) is 2. The Morgan fingerprint density at radius 3 is 2.24 bits per heavy atom. The van der Waals surface area contributed by atoms with E-state index in [1.165, 1.54) is 0 Å². The van der Waals surface area contributed by atoms with E-state index in [1.54, 1.807) is 0 Å². The quantitative estimate of drug-likeness (QED) is 0.742. The average molecular weight is 240 g/mol. The highest BCUT2D eigenvalue weighted by Crippen LogP contribution is 2.28. The molecule has 1 aliphatic rings. The zero-order valence-corrected chi connectivity index (χ0v) is 11.8. The number of rotatable bonds is 7. The number of carbonyl (C=O) groups excluding carboxylic acids is 1. The molecule has 0 aromatic rings. The Hall–Kier alpha value is -0.570. The minimum atomic E-state index is -0.303. The normalized spacial score (nSPS) is 17.6. The average Bonchev–Trinajstić information content (AvgIpc) is 3.00. The summed E-state index contributed by atoms with van der Waals surface area (Å²) in [4.78, 5) is 14.3. The molecule has 100 valence electrons. The van der Waals surface area contributed by atoms with Gasteiger partial charge in [0.25, 0.3) is 0 Å². The molecule has 0 bridgehead atoms. The molecule has 3 nitrogen and oxygen atoms in total. The van der Waals surface area contributed by atoms with E-state index in [-0.39, 0.29) is 11.9 Å². The van der Waals surface area contributed by atoms with Crippen molar-refractivity contribution < 1.29 is 4.79 Å². The summed E-state index contributed by atoms with van der Waals surface area (Å²) in [5.41, 5.74) is 6.00. The fourth-order valence-corrected chi connectivity index (χ4v) is 2.08. The summed E-state index contributed by atoms with van der Waals surface area (Å²) in [7, 11) is 0. The molecule has 0 unspecified atom stereocenters. The van der Waals surface area contributed by atoms with E-state index in [4.69, 9.17) is 5.73 Å². The van der Waals surface area contributed by atoms with E-state index >= 15 is 0 Å². The molecule has 1 atom stereocenters. The van der Waals surface area contributed by atoms with Crippen LogP contribution >= 0.6 is 0 Å². The number of nitrogens with zero attached hydrogens (tertiary/aromatic N) is 1. The summed E-state index contributed by atoms with van der Waals surface area (Å²) in [6.45, 7) is 9.51. The van der Waals surface area contributed by atoms with Gasteiger partial charge in [0.05, 0.1) is 6.04 Å². The van der Waals surface area contributed by atoms with Crippen molar-refractivity contribution in [3.05, 3.63) is 0 Å². The van der Waals surface area contributed by atoms with Gasteiger partial charge < -0.3 is 10.6 Å². The number of carbonyl (C=O) groups is 1. The van der Waals surface area contributed by atoms with Gasteiger partial charge in [-0.05, 0) is 37.5 Å². The molecule has 0 aliphatic heterocycles. The number of amides is 1. The maximum atomic E-state index is 12.3. The smallest absolute Gasteiger partial charge is 0.239 e. The molecule has 0 aromatic carbocycles. The maximum absolute atomic E-state index is 12.3. The van der Waals surface area contributed by atoms with Crippen LogP contribution in [0, 0.1) is 11.8 Å². The maximum Gasteiger partial charge on any atom is 0.239 e. The van der Waals surface area contributed by atoms with Gasteiger partial charge in [0.1, 0.15) is 0 Å². The van der Waals surface area contributed by atoms with Crippen molar-refractivity contribution in [2.24, 2.45) is 17.6 Å². The van der Waals surface area contributed by atoms with E-state index in [0.717, 1.165) is 32.2 Å². The first-order chi connectivity index (χ1) is 7.91. The standard InChI is InChI=1S/C14H28N2O/c1-10(2)7-8-16(12-5-6-12)14(17)13(15)9-11(3)4/h10-13H,5-9,15H2,1-4H3/t13-/m1/s1. The van der Waals surface area contributed by atoms with Crippen molar-refractivity contribution in [2.75, 3.05) is 6.54 Å². The van der Waals surface area contributed by atoms with E-state index in [2.05, 4.69) is 27.7 Å². The zero-order chi connectivity index (χ0) is 13.0. The summed E-state index contributed by atoms with van der Waals surface area (Å²) in [6.07, 6.45) is 4.21. The first kappa shape index (κ1) is 14.5. The van der Waals surface area contributed by atoms with Crippen LogP contribution in [0.25, 0.3) is 0 Å². The third kappa shape index (κ3) is 5.07. The molecule has 0 heterocycles. The molecular formula is C14H28N2O. The van der Waals surface area contributed by atoms with Crippen molar-refractivity contribution in [2.45, 2.75) is 65.5 Å². The predicted molar refractivity (Wildman–Crippen MR) is 71.6 cm³/mol. The summed E-state index contributed by atoms with van der Waals surface area (Å²) in [6, 6.07) is 0.183. The second kappa shape index (κ2) is 6.39. The van der Waals surface area contributed by atoms with Crippen LogP contribution in [0.4, 0.5) is 0 Å². The monoisotopic (exact) mass is 240 g/mol. The first-order valence-corrected chi connectivity index (χ1v) is 6.97. The molecule has 17 heavy (non-hydrogen) atoms. The zero-order valence-electron chi connectivity index (χ0n) is 11.8.